The lowest BCUT2D eigenvalue weighted by Gasteiger charge is -2.05. The quantitative estimate of drug-likeness (QED) is 0.697. The summed E-state index contributed by atoms with van der Waals surface area (Å²) in [7, 11) is 0. The molecule has 2 aromatic heterocycles. The zero-order valence-corrected chi connectivity index (χ0v) is 9.82. The van der Waals surface area contributed by atoms with Crippen LogP contribution in [0, 0.1) is 11.3 Å². The van der Waals surface area contributed by atoms with E-state index in [9.17, 15) is 0 Å². The Morgan fingerprint density at radius 1 is 1.00 bits per heavy atom. The number of aromatic nitrogens is 3. The molecule has 3 aromatic rings. The van der Waals surface area contributed by atoms with Crippen molar-refractivity contribution in [1.29, 1.82) is 5.26 Å². The maximum Gasteiger partial charge on any atom is 0.220 e. The number of pyridine rings is 1. The van der Waals surface area contributed by atoms with Crippen LogP contribution in [0.2, 0.25) is 0 Å². The van der Waals surface area contributed by atoms with E-state index in [1.807, 2.05) is 12.1 Å². The molecule has 0 atom stereocenters. The van der Waals surface area contributed by atoms with Crippen LogP contribution in [0.1, 0.15) is 5.69 Å². The molecule has 0 N–H and O–H groups in total. The van der Waals surface area contributed by atoms with Crippen molar-refractivity contribution in [3.63, 3.8) is 0 Å². The lowest BCUT2D eigenvalue weighted by Crippen LogP contribution is -1.90. The normalized spacial score (nSPS) is 10.1. The summed E-state index contributed by atoms with van der Waals surface area (Å²) >= 11 is 0. The van der Waals surface area contributed by atoms with Crippen molar-refractivity contribution < 1.29 is 4.74 Å². The van der Waals surface area contributed by atoms with Crippen molar-refractivity contribution in [2.45, 2.75) is 0 Å². The average Bonchev–Trinajstić information content (AvgIpc) is 2.47. The van der Waals surface area contributed by atoms with Gasteiger partial charge in [0.15, 0.2) is 0 Å². The number of hydrogen-bond acceptors (Lipinski definition) is 5. The van der Waals surface area contributed by atoms with Gasteiger partial charge in [0.05, 0.1) is 11.0 Å². The monoisotopic (exact) mass is 248 g/mol. The van der Waals surface area contributed by atoms with E-state index in [-0.39, 0.29) is 0 Å². The molecule has 0 amide bonds. The number of ether oxygens (including phenoxy) is 1. The van der Waals surface area contributed by atoms with E-state index >= 15 is 0 Å². The first kappa shape index (κ1) is 11.1. The summed E-state index contributed by atoms with van der Waals surface area (Å²) in [6.45, 7) is 0. The van der Waals surface area contributed by atoms with Crippen LogP contribution in [-0.4, -0.2) is 15.0 Å². The molecule has 90 valence electrons. The van der Waals surface area contributed by atoms with Crippen molar-refractivity contribution >= 4 is 11.0 Å². The molecule has 0 fully saturated rings. The highest BCUT2D eigenvalue weighted by atomic mass is 16.5. The molecule has 0 saturated carbocycles. The van der Waals surface area contributed by atoms with Gasteiger partial charge in [-0.1, -0.05) is 6.07 Å². The molecule has 3 rings (SSSR count). The van der Waals surface area contributed by atoms with Crippen LogP contribution in [0.4, 0.5) is 0 Å². The largest absolute Gasteiger partial charge is 0.439 e. The van der Waals surface area contributed by atoms with Crippen LogP contribution in [0.15, 0.2) is 48.8 Å². The molecule has 0 aliphatic carbocycles. The topological polar surface area (TPSA) is 71.7 Å². The fourth-order valence-electron chi connectivity index (χ4n) is 1.66. The second-order valence-electron chi connectivity index (χ2n) is 3.78. The summed E-state index contributed by atoms with van der Waals surface area (Å²) in [6.07, 6.45) is 3.27. The highest BCUT2D eigenvalue weighted by molar-refractivity contribution is 5.75. The minimum atomic E-state index is 0.318. The first-order valence-corrected chi connectivity index (χ1v) is 5.61. The summed E-state index contributed by atoms with van der Waals surface area (Å²) < 4.78 is 5.60. The van der Waals surface area contributed by atoms with Gasteiger partial charge in [-0.3, -0.25) is 9.97 Å². The van der Waals surface area contributed by atoms with E-state index in [4.69, 9.17) is 10.00 Å². The smallest absolute Gasteiger partial charge is 0.220 e. The number of nitrogens with zero attached hydrogens (tertiary/aromatic N) is 4. The zero-order chi connectivity index (χ0) is 13.1. The van der Waals surface area contributed by atoms with Crippen LogP contribution in [0.3, 0.4) is 0 Å². The molecular weight excluding hydrogens is 240 g/mol. The van der Waals surface area contributed by atoms with Crippen molar-refractivity contribution in [3.8, 4) is 17.7 Å². The van der Waals surface area contributed by atoms with Crippen molar-refractivity contribution in [3.05, 3.63) is 54.5 Å². The lowest BCUT2D eigenvalue weighted by molar-refractivity contribution is 0.463. The molecule has 0 spiro atoms. The van der Waals surface area contributed by atoms with E-state index in [1.54, 1.807) is 42.7 Å². The number of fused-ring (bicyclic) bond motifs is 1. The number of hydrogen-bond donors (Lipinski definition) is 0. The highest BCUT2D eigenvalue weighted by Crippen LogP contribution is 2.22. The van der Waals surface area contributed by atoms with Crippen LogP contribution in [-0.2, 0) is 0 Å². The van der Waals surface area contributed by atoms with E-state index in [1.165, 1.54) is 0 Å². The number of rotatable bonds is 2. The predicted molar refractivity (Wildman–Crippen MR) is 68.6 cm³/mol. The van der Waals surface area contributed by atoms with Gasteiger partial charge in [0.25, 0.3) is 0 Å². The molecule has 1 aromatic carbocycles. The Morgan fingerprint density at radius 2 is 1.84 bits per heavy atom. The zero-order valence-electron chi connectivity index (χ0n) is 9.82. The van der Waals surface area contributed by atoms with Gasteiger partial charge in [0.1, 0.15) is 17.5 Å². The van der Waals surface area contributed by atoms with E-state index in [2.05, 4.69) is 15.0 Å². The summed E-state index contributed by atoms with van der Waals surface area (Å²) in [6, 6.07) is 12.4. The minimum Gasteiger partial charge on any atom is -0.439 e. The third-order valence-electron chi connectivity index (χ3n) is 2.50. The fraction of sp³-hybridized carbons (Fsp3) is 0. The Labute approximate surface area is 109 Å². The molecule has 5 nitrogen and oxygen atoms in total. The van der Waals surface area contributed by atoms with Gasteiger partial charge in [-0.25, -0.2) is 4.98 Å². The Kier molecular flexibility index (Phi) is 2.75. The van der Waals surface area contributed by atoms with Gasteiger partial charge < -0.3 is 4.74 Å². The Morgan fingerprint density at radius 3 is 2.68 bits per heavy atom. The second-order valence-corrected chi connectivity index (χ2v) is 3.78. The maximum absolute atomic E-state index is 8.78. The van der Waals surface area contributed by atoms with E-state index < -0.39 is 0 Å². The maximum atomic E-state index is 8.78. The summed E-state index contributed by atoms with van der Waals surface area (Å²) in [5.74, 6) is 0.984. The Hall–Kier alpha value is -3.00. The van der Waals surface area contributed by atoms with E-state index in [0.29, 0.717) is 17.3 Å². The number of nitriles is 1. The molecule has 0 aliphatic heterocycles. The van der Waals surface area contributed by atoms with Crippen molar-refractivity contribution in [1.82, 2.24) is 15.0 Å². The first-order chi connectivity index (χ1) is 9.35. The summed E-state index contributed by atoms with van der Waals surface area (Å²) in [5, 5.41) is 8.78. The standard InChI is InChI=1S/C14H8N4O/c15-9-10-2-1-3-14(18-10)19-11-4-5-12-13(8-11)17-7-6-16-12/h1-8H. The van der Waals surface area contributed by atoms with Crippen molar-refractivity contribution in [2.75, 3.05) is 0 Å². The van der Waals surface area contributed by atoms with E-state index in [0.717, 1.165) is 11.0 Å². The third kappa shape index (κ3) is 2.33. The van der Waals surface area contributed by atoms with Gasteiger partial charge in [-0.2, -0.15) is 5.26 Å². The highest BCUT2D eigenvalue weighted by Gasteiger charge is 2.02. The Balaban J connectivity index is 1.94. The minimum absolute atomic E-state index is 0.318. The van der Waals surface area contributed by atoms with Crippen molar-refractivity contribution in [2.24, 2.45) is 0 Å². The molecule has 0 aliphatic rings. The van der Waals surface area contributed by atoms with Gasteiger partial charge in [-0.15, -0.1) is 0 Å². The average molecular weight is 248 g/mol. The Bertz CT molecular complexity index is 779. The SMILES string of the molecule is N#Cc1cccc(Oc2ccc3nccnc3c2)n1. The van der Waals surface area contributed by atoms with Gasteiger partial charge in [0.2, 0.25) is 5.88 Å². The lowest BCUT2D eigenvalue weighted by atomic mass is 10.3. The molecule has 2 heterocycles. The third-order valence-corrected chi connectivity index (χ3v) is 2.50. The molecule has 0 radical (unpaired) electrons. The van der Waals surface area contributed by atoms with Crippen LogP contribution in [0.5, 0.6) is 11.6 Å². The molecular formula is C14H8N4O. The van der Waals surface area contributed by atoms with Gasteiger partial charge in [-0.05, 0) is 18.2 Å². The summed E-state index contributed by atoms with van der Waals surface area (Å²) in [4.78, 5) is 12.4. The molecule has 0 unspecified atom stereocenters. The predicted octanol–water partition coefficient (Wildman–Crippen LogP) is 2.69. The molecule has 0 saturated heterocycles. The first-order valence-electron chi connectivity index (χ1n) is 5.61. The summed E-state index contributed by atoms with van der Waals surface area (Å²) in [5.41, 5.74) is 1.86. The molecule has 5 heteroatoms. The number of benzene rings is 1. The molecule has 19 heavy (non-hydrogen) atoms. The second kappa shape index (κ2) is 4.70. The van der Waals surface area contributed by atoms with Gasteiger partial charge in [0, 0.05) is 24.5 Å². The fourth-order valence-corrected chi connectivity index (χ4v) is 1.66. The molecule has 0 bridgehead atoms. The van der Waals surface area contributed by atoms with Gasteiger partial charge >= 0.3 is 0 Å². The van der Waals surface area contributed by atoms with Crippen LogP contribution >= 0.6 is 0 Å². The van der Waals surface area contributed by atoms with Crippen LogP contribution < -0.4 is 4.74 Å². The van der Waals surface area contributed by atoms with Crippen LogP contribution in [0.25, 0.3) is 11.0 Å².